The highest BCUT2D eigenvalue weighted by Crippen LogP contribution is 2.26. The maximum Gasteiger partial charge on any atom is 0.236 e. The van der Waals surface area contributed by atoms with Crippen molar-refractivity contribution in [3.63, 3.8) is 0 Å². The normalized spacial score (nSPS) is 11.5. The molecule has 1 aromatic carbocycles. The van der Waals surface area contributed by atoms with Gasteiger partial charge in [0.15, 0.2) is 0 Å². The number of rotatable bonds is 6. The van der Waals surface area contributed by atoms with Gasteiger partial charge in [0.1, 0.15) is 5.01 Å². The Morgan fingerprint density at radius 2 is 2.00 bits per heavy atom. The molecule has 24 heavy (non-hydrogen) atoms. The van der Waals surface area contributed by atoms with Gasteiger partial charge in [-0.1, -0.05) is 61.4 Å². The van der Waals surface area contributed by atoms with Crippen LogP contribution in [0.1, 0.15) is 31.3 Å². The molecule has 0 unspecified atom stereocenters. The summed E-state index contributed by atoms with van der Waals surface area (Å²) in [5.74, 6) is 0.947. The number of benzene rings is 1. The molecular formula is C16H19Cl2N3OS2. The Balaban J connectivity index is 1.78. The molecule has 1 heterocycles. The third-order valence-electron chi connectivity index (χ3n) is 2.88. The minimum atomic E-state index is -0.0847. The molecule has 0 saturated carbocycles. The van der Waals surface area contributed by atoms with Crippen molar-refractivity contribution in [2.75, 3.05) is 11.1 Å². The van der Waals surface area contributed by atoms with Crippen LogP contribution in [0.2, 0.25) is 10.0 Å². The van der Waals surface area contributed by atoms with Gasteiger partial charge in [-0.2, -0.15) is 0 Å². The lowest BCUT2D eigenvalue weighted by Crippen LogP contribution is -2.14. The summed E-state index contributed by atoms with van der Waals surface area (Å²) in [4.78, 5) is 12.0. The van der Waals surface area contributed by atoms with Gasteiger partial charge >= 0.3 is 0 Å². The molecule has 0 spiro atoms. The van der Waals surface area contributed by atoms with E-state index in [0.717, 1.165) is 17.0 Å². The van der Waals surface area contributed by atoms with E-state index in [1.54, 1.807) is 6.07 Å². The predicted octanol–water partition coefficient (Wildman–Crippen LogP) is 5.31. The summed E-state index contributed by atoms with van der Waals surface area (Å²) in [5, 5.41) is 13.5. The van der Waals surface area contributed by atoms with Crippen molar-refractivity contribution >= 4 is 57.3 Å². The SMILES string of the molecule is CC(C)(C)Cc1nnc(NC(=O)CSCc2ccc(Cl)c(Cl)c2)s1. The molecule has 2 aromatic rings. The molecule has 0 atom stereocenters. The molecule has 8 heteroatoms. The fraction of sp³-hybridized carbons (Fsp3) is 0.438. The number of aromatic nitrogens is 2. The van der Waals surface area contributed by atoms with Crippen LogP contribution in [-0.4, -0.2) is 21.9 Å². The summed E-state index contributed by atoms with van der Waals surface area (Å²) in [6.45, 7) is 6.44. The number of hydrogen-bond acceptors (Lipinski definition) is 5. The smallest absolute Gasteiger partial charge is 0.236 e. The maximum absolute atomic E-state index is 12.0. The number of carbonyl (C=O) groups excluding carboxylic acids is 1. The molecular weight excluding hydrogens is 385 g/mol. The lowest BCUT2D eigenvalue weighted by Gasteiger charge is -2.14. The summed E-state index contributed by atoms with van der Waals surface area (Å²) in [6.07, 6.45) is 0.840. The number of carbonyl (C=O) groups is 1. The second-order valence-corrected chi connectivity index (χ2v) is 9.39. The first-order valence-corrected chi connectivity index (χ1v) is 10.1. The van der Waals surface area contributed by atoms with Crippen LogP contribution in [0, 0.1) is 5.41 Å². The number of nitrogens with one attached hydrogen (secondary N) is 1. The summed E-state index contributed by atoms with van der Waals surface area (Å²) in [6, 6.07) is 5.48. The van der Waals surface area contributed by atoms with Crippen LogP contribution in [0.15, 0.2) is 18.2 Å². The quantitative estimate of drug-likeness (QED) is 0.709. The molecule has 0 bridgehead atoms. The summed E-state index contributed by atoms with van der Waals surface area (Å²) in [7, 11) is 0. The molecule has 0 aliphatic heterocycles. The van der Waals surface area contributed by atoms with E-state index in [4.69, 9.17) is 23.2 Å². The van der Waals surface area contributed by atoms with Gasteiger partial charge in [-0.3, -0.25) is 10.1 Å². The average Bonchev–Trinajstić information content (AvgIpc) is 2.87. The Kier molecular flexibility index (Phi) is 6.92. The molecule has 4 nitrogen and oxygen atoms in total. The van der Waals surface area contributed by atoms with Crippen molar-refractivity contribution < 1.29 is 4.79 Å². The first-order valence-electron chi connectivity index (χ1n) is 7.37. The number of anilines is 1. The highest BCUT2D eigenvalue weighted by molar-refractivity contribution is 7.99. The van der Waals surface area contributed by atoms with Gasteiger partial charge in [0, 0.05) is 12.2 Å². The van der Waals surface area contributed by atoms with Crippen molar-refractivity contribution in [3.05, 3.63) is 38.8 Å². The highest BCUT2D eigenvalue weighted by atomic mass is 35.5. The topological polar surface area (TPSA) is 54.9 Å². The molecule has 1 aromatic heterocycles. The van der Waals surface area contributed by atoms with E-state index >= 15 is 0 Å². The zero-order valence-corrected chi connectivity index (χ0v) is 16.9. The van der Waals surface area contributed by atoms with Crippen molar-refractivity contribution in [2.24, 2.45) is 5.41 Å². The largest absolute Gasteiger partial charge is 0.300 e. The molecule has 0 aliphatic carbocycles. The molecule has 0 aliphatic rings. The van der Waals surface area contributed by atoms with E-state index in [0.29, 0.717) is 26.7 Å². The molecule has 2 rings (SSSR count). The molecule has 0 radical (unpaired) electrons. The van der Waals surface area contributed by atoms with Crippen LogP contribution in [0.5, 0.6) is 0 Å². The number of amides is 1. The number of hydrogen-bond donors (Lipinski definition) is 1. The van der Waals surface area contributed by atoms with E-state index < -0.39 is 0 Å². The third kappa shape index (κ3) is 6.59. The molecule has 1 amide bonds. The van der Waals surface area contributed by atoms with Gasteiger partial charge in [-0.25, -0.2) is 0 Å². The lowest BCUT2D eigenvalue weighted by atomic mass is 9.93. The molecule has 130 valence electrons. The van der Waals surface area contributed by atoms with Crippen LogP contribution >= 0.6 is 46.3 Å². The highest BCUT2D eigenvalue weighted by Gasteiger charge is 2.16. The van der Waals surface area contributed by atoms with E-state index in [-0.39, 0.29) is 11.3 Å². The van der Waals surface area contributed by atoms with E-state index in [1.165, 1.54) is 23.1 Å². The fourth-order valence-corrected chi connectivity index (χ4v) is 4.03. The van der Waals surface area contributed by atoms with Gasteiger partial charge in [0.05, 0.1) is 15.8 Å². The van der Waals surface area contributed by atoms with Crippen molar-refractivity contribution in [2.45, 2.75) is 32.9 Å². The zero-order valence-electron chi connectivity index (χ0n) is 13.7. The van der Waals surface area contributed by atoms with Crippen molar-refractivity contribution in [1.82, 2.24) is 10.2 Å². The van der Waals surface area contributed by atoms with Crippen molar-refractivity contribution in [1.29, 1.82) is 0 Å². The number of halogens is 2. The Hall–Kier alpha value is -0.820. The molecule has 0 fully saturated rings. The zero-order chi connectivity index (χ0) is 17.7. The van der Waals surface area contributed by atoms with Crippen LogP contribution in [-0.2, 0) is 17.0 Å². The van der Waals surface area contributed by atoms with E-state index in [9.17, 15) is 4.79 Å². The van der Waals surface area contributed by atoms with Gasteiger partial charge in [0.25, 0.3) is 0 Å². The second-order valence-electron chi connectivity index (χ2n) is 6.53. The van der Waals surface area contributed by atoms with Crippen LogP contribution in [0.3, 0.4) is 0 Å². The van der Waals surface area contributed by atoms with Crippen molar-refractivity contribution in [3.8, 4) is 0 Å². The summed E-state index contributed by atoms with van der Waals surface area (Å²) >= 11 is 14.8. The summed E-state index contributed by atoms with van der Waals surface area (Å²) in [5.41, 5.74) is 1.18. The average molecular weight is 404 g/mol. The van der Waals surface area contributed by atoms with Gasteiger partial charge in [-0.05, 0) is 23.1 Å². The van der Waals surface area contributed by atoms with Crippen LogP contribution in [0.4, 0.5) is 5.13 Å². The first kappa shape index (κ1) is 19.5. The predicted molar refractivity (Wildman–Crippen MR) is 104 cm³/mol. The lowest BCUT2D eigenvalue weighted by molar-refractivity contribution is -0.113. The number of thioether (sulfide) groups is 1. The van der Waals surface area contributed by atoms with Gasteiger partial charge < -0.3 is 0 Å². The second kappa shape index (κ2) is 8.52. The Bertz CT molecular complexity index is 714. The van der Waals surface area contributed by atoms with E-state index in [1.807, 2.05) is 12.1 Å². The third-order valence-corrected chi connectivity index (χ3v) is 5.46. The van der Waals surface area contributed by atoms with Gasteiger partial charge in [-0.15, -0.1) is 22.0 Å². The fourth-order valence-electron chi connectivity index (χ4n) is 1.88. The first-order chi connectivity index (χ1) is 11.2. The standard InChI is InChI=1S/C16H19Cl2N3OS2/c1-16(2,3)7-14-20-21-15(24-14)19-13(22)9-23-8-10-4-5-11(17)12(18)6-10/h4-6H,7-9H2,1-3H3,(H,19,21,22). The summed E-state index contributed by atoms with van der Waals surface area (Å²) < 4.78 is 0. The number of nitrogens with zero attached hydrogens (tertiary/aromatic N) is 2. The van der Waals surface area contributed by atoms with Crippen LogP contribution in [0.25, 0.3) is 0 Å². The van der Waals surface area contributed by atoms with Gasteiger partial charge in [0.2, 0.25) is 11.0 Å². The minimum Gasteiger partial charge on any atom is -0.300 e. The molecule has 0 saturated heterocycles. The Morgan fingerprint density at radius 3 is 2.67 bits per heavy atom. The minimum absolute atomic E-state index is 0.0847. The van der Waals surface area contributed by atoms with E-state index in [2.05, 4.69) is 36.3 Å². The Morgan fingerprint density at radius 1 is 1.25 bits per heavy atom. The monoisotopic (exact) mass is 403 g/mol. The Labute approximate surface area is 160 Å². The molecule has 1 N–H and O–H groups in total. The van der Waals surface area contributed by atoms with Crippen LogP contribution < -0.4 is 5.32 Å². The maximum atomic E-state index is 12.0.